The molecule has 1 aliphatic heterocycles. The molecule has 1 amide bonds. The summed E-state index contributed by atoms with van der Waals surface area (Å²) >= 11 is 5.96. The number of nitrogens with zero attached hydrogens (tertiary/aromatic N) is 2. The van der Waals surface area contributed by atoms with E-state index in [-0.39, 0.29) is 35.6 Å². The average Bonchev–Trinajstić information content (AvgIpc) is 2.46. The van der Waals surface area contributed by atoms with Crippen LogP contribution in [0.25, 0.3) is 0 Å². The molecule has 1 aliphatic rings. The molecule has 2 N–H and O–H groups in total. The quantitative estimate of drug-likeness (QED) is 0.650. The molecule has 1 heterocycles. The Bertz CT molecular complexity index is 554. The molecular formula is C12H14ClN3O5. The molecular weight excluding hydrogens is 302 g/mol. The number of halogens is 1. The molecule has 21 heavy (non-hydrogen) atoms. The number of nitro groups is 1. The summed E-state index contributed by atoms with van der Waals surface area (Å²) in [6.45, 7) is 1.05. The summed E-state index contributed by atoms with van der Waals surface area (Å²) in [4.78, 5) is 22.6. The Morgan fingerprint density at radius 1 is 1.62 bits per heavy atom. The molecule has 1 aromatic carbocycles. The van der Waals surface area contributed by atoms with Gasteiger partial charge in [-0.15, -0.1) is 0 Å². The fourth-order valence-corrected chi connectivity index (χ4v) is 2.31. The van der Waals surface area contributed by atoms with Crippen LogP contribution in [-0.2, 0) is 4.74 Å². The van der Waals surface area contributed by atoms with E-state index in [0.717, 1.165) is 0 Å². The number of rotatable bonds is 4. The van der Waals surface area contributed by atoms with Gasteiger partial charge >= 0.3 is 6.09 Å². The molecule has 2 rings (SSSR count). The zero-order chi connectivity index (χ0) is 15.4. The van der Waals surface area contributed by atoms with E-state index in [4.69, 9.17) is 21.4 Å². The Morgan fingerprint density at radius 3 is 3.05 bits per heavy atom. The second-order valence-electron chi connectivity index (χ2n) is 4.49. The van der Waals surface area contributed by atoms with Crippen LogP contribution in [0.3, 0.4) is 0 Å². The number of morpholine rings is 1. The van der Waals surface area contributed by atoms with Crippen LogP contribution in [0.5, 0.6) is 0 Å². The maximum absolute atomic E-state index is 11.0. The van der Waals surface area contributed by atoms with Gasteiger partial charge in [-0.05, 0) is 6.07 Å². The number of carbonyl (C=O) groups is 1. The maximum atomic E-state index is 11.0. The number of benzene rings is 1. The average molecular weight is 316 g/mol. The van der Waals surface area contributed by atoms with Gasteiger partial charge in [0.05, 0.1) is 29.2 Å². The first kappa shape index (κ1) is 15.3. The smallest absolute Gasteiger partial charge is 0.407 e. The fourth-order valence-electron chi connectivity index (χ4n) is 2.07. The van der Waals surface area contributed by atoms with Crippen molar-refractivity contribution < 1.29 is 19.6 Å². The summed E-state index contributed by atoms with van der Waals surface area (Å²) in [6.07, 6.45) is -1.39. The van der Waals surface area contributed by atoms with Crippen molar-refractivity contribution in [2.24, 2.45) is 0 Å². The summed E-state index contributed by atoms with van der Waals surface area (Å²) in [5.41, 5.74) is 0.0774. The largest absolute Gasteiger partial charge is 0.465 e. The van der Waals surface area contributed by atoms with Crippen molar-refractivity contribution >= 4 is 29.1 Å². The zero-order valence-electron chi connectivity index (χ0n) is 11.0. The van der Waals surface area contributed by atoms with Gasteiger partial charge in [-0.2, -0.15) is 0 Å². The lowest BCUT2D eigenvalue weighted by molar-refractivity contribution is -0.384. The van der Waals surface area contributed by atoms with Crippen molar-refractivity contribution in [2.75, 3.05) is 31.6 Å². The second-order valence-corrected chi connectivity index (χ2v) is 4.90. The molecule has 0 spiro atoms. The van der Waals surface area contributed by atoms with Gasteiger partial charge in [0.1, 0.15) is 5.69 Å². The molecule has 0 aliphatic carbocycles. The fraction of sp³-hybridized carbons (Fsp3) is 0.417. The SMILES string of the molecule is O=C(O)N1CCO[C@H](CNc2c(Cl)cccc2[N+](=O)[O-])C1. The van der Waals surface area contributed by atoms with Gasteiger partial charge < -0.3 is 20.1 Å². The van der Waals surface area contributed by atoms with Crippen LogP contribution in [0, 0.1) is 10.1 Å². The predicted molar refractivity (Wildman–Crippen MR) is 75.9 cm³/mol. The molecule has 1 saturated heterocycles. The topological polar surface area (TPSA) is 105 Å². The summed E-state index contributed by atoms with van der Waals surface area (Å²) < 4.78 is 5.44. The van der Waals surface area contributed by atoms with Crippen LogP contribution in [0.4, 0.5) is 16.2 Å². The molecule has 9 heteroatoms. The number of nitro benzene ring substituents is 1. The monoisotopic (exact) mass is 315 g/mol. The molecule has 8 nitrogen and oxygen atoms in total. The van der Waals surface area contributed by atoms with E-state index < -0.39 is 11.0 Å². The van der Waals surface area contributed by atoms with E-state index in [0.29, 0.717) is 13.2 Å². The standard InChI is InChI=1S/C12H14ClN3O5/c13-9-2-1-3-10(16(19)20)11(9)14-6-8-7-15(12(17)18)4-5-21-8/h1-3,8,14H,4-7H2,(H,17,18)/t8-/m1/s1. The molecule has 1 aromatic rings. The van der Waals surface area contributed by atoms with Gasteiger partial charge in [0, 0.05) is 19.2 Å². The number of para-hydroxylation sites is 1. The van der Waals surface area contributed by atoms with Gasteiger partial charge in [-0.3, -0.25) is 10.1 Å². The number of hydrogen-bond acceptors (Lipinski definition) is 5. The Morgan fingerprint density at radius 2 is 2.38 bits per heavy atom. The Kier molecular flexibility index (Phi) is 4.81. The van der Waals surface area contributed by atoms with Crippen molar-refractivity contribution in [2.45, 2.75) is 6.10 Å². The lowest BCUT2D eigenvalue weighted by Crippen LogP contribution is -2.47. The maximum Gasteiger partial charge on any atom is 0.407 e. The van der Waals surface area contributed by atoms with Crippen LogP contribution in [0.1, 0.15) is 0 Å². The van der Waals surface area contributed by atoms with Crippen LogP contribution in [0.15, 0.2) is 18.2 Å². The highest BCUT2D eigenvalue weighted by molar-refractivity contribution is 6.33. The molecule has 1 fully saturated rings. The van der Waals surface area contributed by atoms with Crippen LogP contribution in [-0.4, -0.2) is 53.4 Å². The number of amides is 1. The summed E-state index contributed by atoms with van der Waals surface area (Å²) in [7, 11) is 0. The van der Waals surface area contributed by atoms with Gasteiger partial charge in [0.2, 0.25) is 0 Å². The molecule has 0 radical (unpaired) electrons. The highest BCUT2D eigenvalue weighted by atomic mass is 35.5. The molecule has 0 aromatic heterocycles. The number of hydrogen-bond donors (Lipinski definition) is 2. The first-order valence-corrected chi connectivity index (χ1v) is 6.63. The number of ether oxygens (including phenoxy) is 1. The van der Waals surface area contributed by atoms with E-state index in [1.807, 2.05) is 0 Å². The van der Waals surface area contributed by atoms with Gasteiger partial charge in [-0.1, -0.05) is 17.7 Å². The molecule has 0 saturated carbocycles. The Hall–Kier alpha value is -2.06. The lowest BCUT2D eigenvalue weighted by Gasteiger charge is -2.31. The van der Waals surface area contributed by atoms with Crippen LogP contribution >= 0.6 is 11.6 Å². The molecule has 0 bridgehead atoms. The van der Waals surface area contributed by atoms with Gasteiger partial charge in [-0.25, -0.2) is 4.79 Å². The third-order valence-corrected chi connectivity index (χ3v) is 3.42. The van der Waals surface area contributed by atoms with Crippen molar-refractivity contribution in [3.8, 4) is 0 Å². The van der Waals surface area contributed by atoms with E-state index >= 15 is 0 Å². The number of carboxylic acid groups (broad SMARTS) is 1. The van der Waals surface area contributed by atoms with E-state index in [1.54, 1.807) is 6.07 Å². The van der Waals surface area contributed by atoms with E-state index in [2.05, 4.69) is 5.32 Å². The minimum absolute atomic E-state index is 0.131. The molecule has 0 unspecified atom stereocenters. The van der Waals surface area contributed by atoms with E-state index in [9.17, 15) is 14.9 Å². The van der Waals surface area contributed by atoms with Crippen molar-refractivity contribution in [1.29, 1.82) is 0 Å². The normalized spacial score (nSPS) is 18.3. The third kappa shape index (κ3) is 3.73. The molecule has 114 valence electrons. The number of nitrogens with one attached hydrogen (secondary N) is 1. The first-order valence-electron chi connectivity index (χ1n) is 6.25. The van der Waals surface area contributed by atoms with Crippen LogP contribution in [0.2, 0.25) is 5.02 Å². The summed E-state index contributed by atoms with van der Waals surface area (Å²) in [6, 6.07) is 4.39. The summed E-state index contributed by atoms with van der Waals surface area (Å²) in [5, 5.41) is 23.0. The van der Waals surface area contributed by atoms with Crippen LogP contribution < -0.4 is 5.32 Å². The molecule has 1 atom stereocenters. The van der Waals surface area contributed by atoms with Crippen molar-refractivity contribution in [1.82, 2.24) is 4.90 Å². The van der Waals surface area contributed by atoms with E-state index in [1.165, 1.54) is 17.0 Å². The Labute approximate surface area is 125 Å². The zero-order valence-corrected chi connectivity index (χ0v) is 11.7. The second kappa shape index (κ2) is 6.59. The minimum Gasteiger partial charge on any atom is -0.465 e. The minimum atomic E-state index is -1.01. The highest BCUT2D eigenvalue weighted by Crippen LogP contribution is 2.31. The van der Waals surface area contributed by atoms with Crippen molar-refractivity contribution in [3.63, 3.8) is 0 Å². The van der Waals surface area contributed by atoms with Gasteiger partial charge in [0.25, 0.3) is 5.69 Å². The predicted octanol–water partition coefficient (Wildman–Crippen LogP) is 2.04. The van der Waals surface area contributed by atoms with Crippen molar-refractivity contribution in [3.05, 3.63) is 33.3 Å². The third-order valence-electron chi connectivity index (χ3n) is 3.10. The first-order chi connectivity index (χ1) is 9.99. The lowest BCUT2D eigenvalue weighted by atomic mass is 10.2. The highest BCUT2D eigenvalue weighted by Gasteiger charge is 2.25. The number of anilines is 1. The summed E-state index contributed by atoms with van der Waals surface area (Å²) in [5.74, 6) is 0. The van der Waals surface area contributed by atoms with Gasteiger partial charge in [0.15, 0.2) is 0 Å². The Balaban J connectivity index is 2.03.